The second-order valence-corrected chi connectivity index (χ2v) is 9.65. The zero-order valence-electron chi connectivity index (χ0n) is 17.1. The van der Waals surface area contributed by atoms with Crippen LogP contribution in [0, 0.1) is 27.7 Å². The number of rotatable bonds is 4. The second-order valence-electron chi connectivity index (χ2n) is 7.83. The van der Waals surface area contributed by atoms with Crippen molar-refractivity contribution in [3.05, 3.63) is 64.5 Å². The predicted molar refractivity (Wildman–Crippen MR) is 111 cm³/mol. The van der Waals surface area contributed by atoms with Crippen LogP contribution in [0.3, 0.4) is 0 Å². The summed E-state index contributed by atoms with van der Waals surface area (Å²) < 4.78 is 34.1. The Labute approximate surface area is 171 Å². The van der Waals surface area contributed by atoms with E-state index >= 15 is 0 Å². The van der Waals surface area contributed by atoms with Gasteiger partial charge >= 0.3 is 0 Å². The quantitative estimate of drug-likeness (QED) is 0.632. The molecule has 1 fully saturated rings. The zero-order chi connectivity index (χ0) is 20.8. The molecule has 0 N–H and O–H groups in total. The van der Waals surface area contributed by atoms with Gasteiger partial charge in [0.15, 0.2) is 0 Å². The van der Waals surface area contributed by atoms with Gasteiger partial charge in [0.05, 0.1) is 4.90 Å². The van der Waals surface area contributed by atoms with Gasteiger partial charge in [0.25, 0.3) is 0 Å². The molecule has 7 heteroatoms. The van der Waals surface area contributed by atoms with Crippen molar-refractivity contribution in [3.63, 3.8) is 0 Å². The van der Waals surface area contributed by atoms with Crippen molar-refractivity contribution in [1.82, 2.24) is 14.4 Å². The molecule has 3 aromatic rings. The second kappa shape index (κ2) is 7.39. The van der Waals surface area contributed by atoms with E-state index in [-0.39, 0.29) is 0 Å². The molecule has 0 saturated carbocycles. The Morgan fingerprint density at radius 3 is 2.45 bits per heavy atom. The molecule has 29 heavy (non-hydrogen) atoms. The lowest BCUT2D eigenvalue weighted by atomic mass is 10.1. The summed E-state index contributed by atoms with van der Waals surface area (Å²) >= 11 is 0. The van der Waals surface area contributed by atoms with E-state index in [1.165, 1.54) is 4.31 Å². The topological polar surface area (TPSA) is 76.3 Å². The first kappa shape index (κ1) is 19.8. The van der Waals surface area contributed by atoms with Crippen LogP contribution < -0.4 is 0 Å². The van der Waals surface area contributed by atoms with Gasteiger partial charge in [-0.05, 0) is 57.7 Å². The first-order valence-corrected chi connectivity index (χ1v) is 11.2. The van der Waals surface area contributed by atoms with Gasteiger partial charge in [-0.3, -0.25) is 0 Å². The van der Waals surface area contributed by atoms with Crippen LogP contribution in [0.4, 0.5) is 0 Å². The van der Waals surface area contributed by atoms with Crippen molar-refractivity contribution in [2.24, 2.45) is 0 Å². The molecule has 1 aliphatic rings. The third-order valence-corrected chi connectivity index (χ3v) is 7.59. The molecule has 152 valence electrons. The molecule has 2 heterocycles. The van der Waals surface area contributed by atoms with Crippen molar-refractivity contribution < 1.29 is 12.9 Å². The van der Waals surface area contributed by atoms with Crippen LogP contribution in [0.2, 0.25) is 0 Å². The Morgan fingerprint density at radius 2 is 1.76 bits per heavy atom. The number of sulfonamides is 1. The van der Waals surface area contributed by atoms with E-state index in [4.69, 9.17) is 4.52 Å². The molecule has 6 nitrogen and oxygen atoms in total. The molecule has 0 radical (unpaired) electrons. The molecule has 4 rings (SSSR count). The summed E-state index contributed by atoms with van der Waals surface area (Å²) in [6, 6.07) is 11.2. The van der Waals surface area contributed by atoms with Crippen molar-refractivity contribution in [2.45, 2.75) is 51.5 Å². The maximum atomic E-state index is 13.5. The standard InChI is InChI=1S/C22H25N3O3S/c1-14-7-5-8-18(13-14)21-23-22(28-24-21)19-9-6-10-25(19)29(26,27)20-16(3)11-15(2)12-17(20)4/h5,7-8,11-13,19H,6,9-10H2,1-4H3/t19-/m0/s1. The minimum atomic E-state index is -3.67. The Bertz CT molecular complexity index is 1140. The van der Waals surface area contributed by atoms with Crippen LogP contribution >= 0.6 is 0 Å². The molecule has 0 unspecified atom stereocenters. The normalized spacial score (nSPS) is 17.7. The lowest BCUT2D eigenvalue weighted by molar-refractivity contribution is 0.290. The van der Waals surface area contributed by atoms with Crippen LogP contribution in [-0.2, 0) is 10.0 Å². The fourth-order valence-electron chi connectivity index (χ4n) is 4.24. The van der Waals surface area contributed by atoms with Crippen molar-refractivity contribution in [2.75, 3.05) is 6.54 Å². The third kappa shape index (κ3) is 3.60. The maximum absolute atomic E-state index is 13.5. The molecule has 1 saturated heterocycles. The SMILES string of the molecule is Cc1cccc(-c2noc([C@@H]3CCCN3S(=O)(=O)c3c(C)cc(C)cc3C)n2)c1. The predicted octanol–water partition coefficient (Wildman–Crippen LogP) is 4.50. The Kier molecular flexibility index (Phi) is 5.04. The molecule has 1 atom stereocenters. The lowest BCUT2D eigenvalue weighted by Gasteiger charge is -2.23. The van der Waals surface area contributed by atoms with Crippen LogP contribution in [0.25, 0.3) is 11.4 Å². The van der Waals surface area contributed by atoms with Gasteiger partial charge in [-0.1, -0.05) is 46.6 Å². The minimum Gasteiger partial charge on any atom is -0.337 e. The highest BCUT2D eigenvalue weighted by atomic mass is 32.2. The maximum Gasteiger partial charge on any atom is 0.245 e. The van der Waals surface area contributed by atoms with Crippen LogP contribution in [0.1, 0.15) is 47.0 Å². The van der Waals surface area contributed by atoms with E-state index in [1.54, 1.807) is 0 Å². The molecule has 0 aliphatic carbocycles. The number of nitrogens with zero attached hydrogens (tertiary/aromatic N) is 3. The lowest BCUT2D eigenvalue weighted by Crippen LogP contribution is -2.32. The number of aromatic nitrogens is 2. The Morgan fingerprint density at radius 1 is 1.03 bits per heavy atom. The van der Waals surface area contributed by atoms with Crippen molar-refractivity contribution in [3.8, 4) is 11.4 Å². The number of aryl methyl sites for hydroxylation is 4. The number of hydrogen-bond acceptors (Lipinski definition) is 5. The molecule has 1 aromatic heterocycles. The van der Waals surface area contributed by atoms with Crippen LogP contribution in [0.5, 0.6) is 0 Å². The summed E-state index contributed by atoms with van der Waals surface area (Å²) in [5.41, 5.74) is 4.54. The summed E-state index contributed by atoms with van der Waals surface area (Å²) in [7, 11) is -3.67. The van der Waals surface area contributed by atoms with Gasteiger partial charge < -0.3 is 4.52 Å². The van der Waals surface area contributed by atoms with Gasteiger partial charge in [-0.2, -0.15) is 9.29 Å². The van der Waals surface area contributed by atoms with Gasteiger partial charge in [0.1, 0.15) is 6.04 Å². The first-order chi connectivity index (χ1) is 13.8. The molecule has 1 aliphatic heterocycles. The van der Waals surface area contributed by atoms with Gasteiger partial charge in [0, 0.05) is 12.1 Å². The van der Waals surface area contributed by atoms with Crippen molar-refractivity contribution >= 4 is 10.0 Å². The van der Waals surface area contributed by atoms with Crippen LogP contribution in [0.15, 0.2) is 45.8 Å². The van der Waals surface area contributed by atoms with E-state index in [2.05, 4.69) is 10.1 Å². The highest BCUT2D eigenvalue weighted by Crippen LogP contribution is 2.38. The highest BCUT2D eigenvalue weighted by molar-refractivity contribution is 7.89. The van der Waals surface area contributed by atoms with E-state index in [1.807, 2.05) is 64.1 Å². The molecule has 2 aromatic carbocycles. The van der Waals surface area contributed by atoms with E-state index in [0.29, 0.717) is 29.6 Å². The molecule has 0 spiro atoms. The van der Waals surface area contributed by atoms with Crippen molar-refractivity contribution in [1.29, 1.82) is 0 Å². The van der Waals surface area contributed by atoms with Gasteiger partial charge in [0.2, 0.25) is 21.7 Å². The zero-order valence-corrected chi connectivity index (χ0v) is 18.0. The largest absolute Gasteiger partial charge is 0.337 e. The van der Waals surface area contributed by atoms with Crippen LogP contribution in [-0.4, -0.2) is 29.4 Å². The first-order valence-electron chi connectivity index (χ1n) is 9.77. The monoisotopic (exact) mass is 411 g/mol. The molecular formula is C22H25N3O3S. The third-order valence-electron chi connectivity index (χ3n) is 5.38. The molecular weight excluding hydrogens is 386 g/mol. The summed E-state index contributed by atoms with van der Waals surface area (Å²) in [6.45, 7) is 8.12. The average Bonchev–Trinajstić information content (AvgIpc) is 3.30. The summed E-state index contributed by atoms with van der Waals surface area (Å²) in [4.78, 5) is 4.92. The average molecular weight is 412 g/mol. The molecule has 0 amide bonds. The fraction of sp³-hybridized carbons (Fsp3) is 0.364. The summed E-state index contributed by atoms with van der Waals surface area (Å²) in [5, 5.41) is 4.10. The summed E-state index contributed by atoms with van der Waals surface area (Å²) in [6.07, 6.45) is 1.43. The number of benzene rings is 2. The minimum absolute atomic E-state index is 0.352. The number of hydrogen-bond donors (Lipinski definition) is 0. The van der Waals surface area contributed by atoms with E-state index < -0.39 is 16.1 Å². The Hall–Kier alpha value is -2.51. The van der Waals surface area contributed by atoms with Gasteiger partial charge in [-0.25, -0.2) is 8.42 Å². The van der Waals surface area contributed by atoms with E-state index in [9.17, 15) is 8.42 Å². The Balaban J connectivity index is 1.70. The van der Waals surface area contributed by atoms with E-state index in [0.717, 1.165) is 34.2 Å². The molecule has 0 bridgehead atoms. The smallest absolute Gasteiger partial charge is 0.245 e. The fourth-order valence-corrected chi connectivity index (χ4v) is 6.30. The summed E-state index contributed by atoms with van der Waals surface area (Å²) in [5.74, 6) is 0.834. The van der Waals surface area contributed by atoms with Gasteiger partial charge in [-0.15, -0.1) is 0 Å². The highest BCUT2D eigenvalue weighted by Gasteiger charge is 2.40.